The van der Waals surface area contributed by atoms with Gasteiger partial charge in [-0.3, -0.25) is 0 Å². The first kappa shape index (κ1) is 4.34. The van der Waals surface area contributed by atoms with Crippen LogP contribution in [0.1, 0.15) is 6.92 Å². The summed E-state index contributed by atoms with van der Waals surface area (Å²) in [5.41, 5.74) is 6.14. The van der Waals surface area contributed by atoms with Gasteiger partial charge in [-0.25, -0.2) is 5.53 Å². The molecule has 2 nitrogen and oxygen atoms in total. The van der Waals surface area contributed by atoms with Gasteiger partial charge >= 0.3 is 0 Å². The lowest BCUT2D eigenvalue weighted by Crippen LogP contribution is -1.33. The Balaban J connectivity index is 2.92. The number of hydrogen-bond donors (Lipinski definition) is 1. The molecular weight excluding hydrogens is 64.0 g/mol. The van der Waals surface area contributed by atoms with Crippen molar-refractivity contribution in [3.8, 4) is 0 Å². The third kappa shape index (κ3) is 3.34. The molecule has 0 aromatic rings. The summed E-state index contributed by atoms with van der Waals surface area (Å²) in [6.07, 6.45) is 3.12. The first-order valence-corrected chi connectivity index (χ1v) is 1.39. The lowest BCUT2D eigenvalue weighted by molar-refractivity contribution is 1.14. The van der Waals surface area contributed by atoms with E-state index in [4.69, 9.17) is 5.53 Å². The van der Waals surface area contributed by atoms with E-state index in [1.54, 1.807) is 6.08 Å². The predicted octanol–water partition coefficient (Wildman–Crippen LogP) is 1.55. The summed E-state index contributed by atoms with van der Waals surface area (Å²) in [5, 5.41) is 2.92. The summed E-state index contributed by atoms with van der Waals surface area (Å²) in [4.78, 5) is 0. The predicted molar refractivity (Wildman–Crippen MR) is 20.0 cm³/mol. The van der Waals surface area contributed by atoms with Gasteiger partial charge in [-0.2, -0.15) is 5.11 Å². The van der Waals surface area contributed by atoms with Crippen LogP contribution in [0, 0.1) is 5.53 Å². The normalized spacial score (nSPS) is 9.00. The van der Waals surface area contributed by atoms with Crippen molar-refractivity contribution in [1.82, 2.24) is 0 Å². The molecule has 0 saturated heterocycles. The quantitative estimate of drug-likeness (QED) is 0.454. The SMILES string of the molecule is CC=CN=N. The molecule has 0 fully saturated rings. The van der Waals surface area contributed by atoms with E-state index >= 15 is 0 Å². The topological polar surface area (TPSA) is 36.2 Å². The van der Waals surface area contributed by atoms with Gasteiger partial charge in [0.25, 0.3) is 0 Å². The summed E-state index contributed by atoms with van der Waals surface area (Å²) < 4.78 is 0. The second-order valence-electron chi connectivity index (χ2n) is 0.612. The van der Waals surface area contributed by atoms with Crippen molar-refractivity contribution >= 4 is 0 Å². The number of rotatable bonds is 1. The fourth-order valence-corrected chi connectivity index (χ4v) is 0.0745. The van der Waals surface area contributed by atoms with Gasteiger partial charge in [0, 0.05) is 6.20 Å². The number of nitrogens with zero attached hydrogens (tertiary/aromatic N) is 1. The number of nitrogens with one attached hydrogen (secondary N) is 1. The molecule has 1 N–H and O–H groups in total. The van der Waals surface area contributed by atoms with Gasteiger partial charge in [-0.15, -0.1) is 0 Å². The molecule has 5 heavy (non-hydrogen) atoms. The maximum Gasteiger partial charge on any atom is 0.0446 e. The molecule has 0 saturated carbocycles. The van der Waals surface area contributed by atoms with E-state index in [0.29, 0.717) is 0 Å². The Morgan fingerprint density at radius 1 is 1.80 bits per heavy atom. The zero-order valence-electron chi connectivity index (χ0n) is 3.10. The van der Waals surface area contributed by atoms with E-state index in [2.05, 4.69) is 5.11 Å². The zero-order chi connectivity index (χ0) is 4.12. The van der Waals surface area contributed by atoms with Crippen LogP contribution in [0.2, 0.25) is 0 Å². The molecule has 0 aliphatic carbocycles. The second-order valence-corrected chi connectivity index (χ2v) is 0.612. The van der Waals surface area contributed by atoms with Crippen molar-refractivity contribution in [2.45, 2.75) is 6.92 Å². The Hall–Kier alpha value is -0.660. The van der Waals surface area contributed by atoms with Gasteiger partial charge in [-0.1, -0.05) is 6.08 Å². The average molecular weight is 70.1 g/mol. The fraction of sp³-hybridized carbons (Fsp3) is 0.333. The summed E-state index contributed by atoms with van der Waals surface area (Å²) >= 11 is 0. The van der Waals surface area contributed by atoms with Gasteiger partial charge in [0.05, 0.1) is 0 Å². The molecule has 0 spiro atoms. The summed E-state index contributed by atoms with van der Waals surface area (Å²) in [7, 11) is 0. The molecule has 0 aromatic carbocycles. The monoisotopic (exact) mass is 70.1 g/mol. The molecule has 28 valence electrons. The third-order valence-corrected chi connectivity index (χ3v) is 0.224. The van der Waals surface area contributed by atoms with Crippen LogP contribution in [0.3, 0.4) is 0 Å². The molecular formula is C3H6N2. The van der Waals surface area contributed by atoms with Gasteiger partial charge in [-0.05, 0) is 6.92 Å². The van der Waals surface area contributed by atoms with Gasteiger partial charge < -0.3 is 0 Å². The van der Waals surface area contributed by atoms with Crippen molar-refractivity contribution in [3.05, 3.63) is 12.3 Å². The Labute approximate surface area is 31.0 Å². The van der Waals surface area contributed by atoms with E-state index in [1.165, 1.54) is 6.20 Å². The minimum atomic E-state index is 1.42. The van der Waals surface area contributed by atoms with Crippen molar-refractivity contribution in [1.29, 1.82) is 5.53 Å². The maximum absolute atomic E-state index is 6.14. The zero-order valence-corrected chi connectivity index (χ0v) is 3.10. The fourth-order valence-electron chi connectivity index (χ4n) is 0.0745. The molecule has 0 aliphatic heterocycles. The summed E-state index contributed by atoms with van der Waals surface area (Å²) in [6, 6.07) is 0. The van der Waals surface area contributed by atoms with Gasteiger partial charge in [0.1, 0.15) is 0 Å². The molecule has 0 unspecified atom stereocenters. The third-order valence-electron chi connectivity index (χ3n) is 0.224. The van der Waals surface area contributed by atoms with Crippen molar-refractivity contribution < 1.29 is 0 Å². The molecule has 0 bridgehead atoms. The van der Waals surface area contributed by atoms with Crippen molar-refractivity contribution in [3.63, 3.8) is 0 Å². The molecule has 0 radical (unpaired) electrons. The van der Waals surface area contributed by atoms with Crippen LogP contribution in [0.4, 0.5) is 0 Å². The van der Waals surface area contributed by atoms with Crippen LogP contribution >= 0.6 is 0 Å². The number of allylic oxidation sites excluding steroid dienone is 1. The smallest absolute Gasteiger partial charge is 0.0446 e. The molecule has 2 heteroatoms. The minimum Gasteiger partial charge on any atom is -0.205 e. The standard InChI is InChI=1S/C3H6N2/c1-2-3-5-4/h2-4H,1H3. The Bertz CT molecular complexity index is 46.9. The maximum atomic E-state index is 6.14. The lowest BCUT2D eigenvalue weighted by Gasteiger charge is -1.55. The molecule has 0 rings (SSSR count). The number of hydrogen-bond acceptors (Lipinski definition) is 2. The van der Waals surface area contributed by atoms with E-state index in [0.717, 1.165) is 0 Å². The Morgan fingerprint density at radius 2 is 2.40 bits per heavy atom. The van der Waals surface area contributed by atoms with Crippen LogP contribution in [-0.4, -0.2) is 0 Å². The van der Waals surface area contributed by atoms with E-state index < -0.39 is 0 Å². The molecule has 0 aliphatic rings. The first-order chi connectivity index (χ1) is 2.41. The highest BCUT2D eigenvalue weighted by molar-refractivity contribution is 4.69. The molecule has 0 aromatic heterocycles. The van der Waals surface area contributed by atoms with E-state index in [-0.39, 0.29) is 0 Å². The Kier molecular flexibility index (Phi) is 2.90. The van der Waals surface area contributed by atoms with Gasteiger partial charge in [0.15, 0.2) is 0 Å². The highest BCUT2D eigenvalue weighted by atomic mass is 14.9. The molecule has 0 amide bonds. The van der Waals surface area contributed by atoms with Crippen LogP contribution in [0.15, 0.2) is 17.4 Å². The van der Waals surface area contributed by atoms with Crippen LogP contribution < -0.4 is 0 Å². The highest BCUT2D eigenvalue weighted by Crippen LogP contribution is 1.64. The Morgan fingerprint density at radius 3 is 2.40 bits per heavy atom. The second kappa shape index (κ2) is 3.34. The van der Waals surface area contributed by atoms with Crippen molar-refractivity contribution in [2.75, 3.05) is 0 Å². The molecule has 0 atom stereocenters. The van der Waals surface area contributed by atoms with Crippen LogP contribution in [0.5, 0.6) is 0 Å². The van der Waals surface area contributed by atoms with Gasteiger partial charge in [0.2, 0.25) is 0 Å². The first-order valence-electron chi connectivity index (χ1n) is 1.39. The average Bonchev–Trinajstić information content (AvgIpc) is 1.41. The molecule has 0 heterocycles. The van der Waals surface area contributed by atoms with Crippen LogP contribution in [-0.2, 0) is 0 Å². The summed E-state index contributed by atoms with van der Waals surface area (Å²) in [6.45, 7) is 1.82. The van der Waals surface area contributed by atoms with Crippen molar-refractivity contribution in [2.24, 2.45) is 5.11 Å². The van der Waals surface area contributed by atoms with E-state index in [1.807, 2.05) is 6.92 Å². The lowest BCUT2D eigenvalue weighted by atomic mass is 10.7. The minimum absolute atomic E-state index is 1.42. The van der Waals surface area contributed by atoms with Crippen LogP contribution in [0.25, 0.3) is 0 Å². The largest absolute Gasteiger partial charge is 0.205 e. The highest BCUT2D eigenvalue weighted by Gasteiger charge is 1.43. The van der Waals surface area contributed by atoms with E-state index in [9.17, 15) is 0 Å². The summed E-state index contributed by atoms with van der Waals surface area (Å²) in [5.74, 6) is 0.